The summed E-state index contributed by atoms with van der Waals surface area (Å²) in [5.41, 5.74) is 1.17. The topological polar surface area (TPSA) is 131 Å². The van der Waals surface area contributed by atoms with Gasteiger partial charge in [-0.25, -0.2) is 14.8 Å². The van der Waals surface area contributed by atoms with E-state index in [1.807, 2.05) is 12.1 Å². The summed E-state index contributed by atoms with van der Waals surface area (Å²) in [6, 6.07) is 10.6. The van der Waals surface area contributed by atoms with Crippen LogP contribution in [0.4, 0.5) is 24.0 Å². The lowest BCUT2D eigenvalue weighted by atomic mass is 10.1. The highest BCUT2D eigenvalue weighted by Gasteiger charge is 2.38. The molecule has 1 aromatic heterocycles. The van der Waals surface area contributed by atoms with Crippen LogP contribution < -0.4 is 15.9 Å². The second kappa shape index (κ2) is 10.2. The SMILES string of the molecule is N=C1N=CN=c2ccc(=Cc3sc(Nc4c(Cl)cccc4Cl)nc3O)cc21.O=C(O)C(F)(F)F. The van der Waals surface area contributed by atoms with Gasteiger partial charge in [-0.3, -0.25) is 5.41 Å². The van der Waals surface area contributed by atoms with Gasteiger partial charge in [0.05, 0.1) is 26.0 Å². The van der Waals surface area contributed by atoms with Gasteiger partial charge in [-0.2, -0.15) is 18.2 Å². The zero-order chi connectivity index (χ0) is 25.0. The minimum absolute atomic E-state index is 0.110. The predicted molar refractivity (Wildman–Crippen MR) is 123 cm³/mol. The number of aromatic nitrogens is 1. The van der Waals surface area contributed by atoms with Crippen molar-refractivity contribution in [3.8, 4) is 5.88 Å². The van der Waals surface area contributed by atoms with Gasteiger partial charge in [-0.1, -0.05) is 46.7 Å². The maximum Gasteiger partial charge on any atom is 0.490 e. The van der Waals surface area contributed by atoms with Crippen LogP contribution in [0.25, 0.3) is 6.08 Å². The van der Waals surface area contributed by atoms with E-state index in [4.69, 9.17) is 38.5 Å². The van der Waals surface area contributed by atoms with Crippen molar-refractivity contribution in [3.63, 3.8) is 0 Å². The van der Waals surface area contributed by atoms with E-state index in [0.717, 1.165) is 5.22 Å². The zero-order valence-electron chi connectivity index (χ0n) is 16.6. The van der Waals surface area contributed by atoms with Crippen LogP contribution in [0.3, 0.4) is 0 Å². The van der Waals surface area contributed by atoms with Crippen molar-refractivity contribution >= 4 is 69.6 Å². The molecule has 0 atom stereocenters. The molecule has 0 fully saturated rings. The highest BCUT2D eigenvalue weighted by Crippen LogP contribution is 2.36. The lowest BCUT2D eigenvalue weighted by Crippen LogP contribution is -2.21. The number of aromatic hydroxyl groups is 1. The van der Waals surface area contributed by atoms with Gasteiger partial charge in [0.1, 0.15) is 6.34 Å². The molecule has 34 heavy (non-hydrogen) atoms. The van der Waals surface area contributed by atoms with E-state index in [9.17, 15) is 18.3 Å². The van der Waals surface area contributed by atoms with Crippen molar-refractivity contribution in [1.29, 1.82) is 5.41 Å². The van der Waals surface area contributed by atoms with Crippen LogP contribution in [0.15, 0.2) is 46.4 Å². The summed E-state index contributed by atoms with van der Waals surface area (Å²) in [6.45, 7) is 0. The monoisotopic (exact) mass is 529 g/mol. The van der Waals surface area contributed by atoms with Crippen molar-refractivity contribution in [2.45, 2.75) is 6.18 Å². The second-order valence-corrected chi connectivity index (χ2v) is 8.22. The van der Waals surface area contributed by atoms with Crippen molar-refractivity contribution in [2.24, 2.45) is 9.98 Å². The summed E-state index contributed by atoms with van der Waals surface area (Å²) < 4.78 is 31.7. The molecular weight excluding hydrogens is 518 g/mol. The molecular formula is C20H12Cl2F3N5O3S. The van der Waals surface area contributed by atoms with Gasteiger partial charge in [-0.05, 0) is 35.6 Å². The summed E-state index contributed by atoms with van der Waals surface area (Å²) in [5.74, 6) is -2.71. The minimum atomic E-state index is -5.08. The molecule has 8 nitrogen and oxygen atoms in total. The van der Waals surface area contributed by atoms with E-state index < -0.39 is 12.1 Å². The number of rotatable bonds is 3. The number of hydrogen-bond acceptors (Lipinski definition) is 7. The van der Waals surface area contributed by atoms with Crippen LogP contribution in [-0.2, 0) is 4.79 Å². The lowest BCUT2D eigenvalue weighted by molar-refractivity contribution is -0.192. The summed E-state index contributed by atoms with van der Waals surface area (Å²) in [4.78, 5) is 21.6. The van der Waals surface area contributed by atoms with E-state index in [1.54, 1.807) is 30.3 Å². The number of carboxylic acid groups (broad SMARTS) is 1. The fourth-order valence-corrected chi connectivity index (χ4v) is 3.83. The number of fused-ring (bicyclic) bond motifs is 1. The first-order valence-electron chi connectivity index (χ1n) is 8.97. The molecule has 2 heterocycles. The van der Waals surface area contributed by atoms with E-state index in [-0.39, 0.29) is 11.7 Å². The number of carbonyl (C=O) groups is 1. The van der Waals surface area contributed by atoms with Crippen molar-refractivity contribution in [3.05, 3.63) is 67.5 Å². The predicted octanol–water partition coefficient (Wildman–Crippen LogP) is 4.35. The number of aliphatic carboxylic acids is 1. The van der Waals surface area contributed by atoms with Crippen molar-refractivity contribution in [1.82, 2.24) is 4.98 Å². The number of amidine groups is 1. The Morgan fingerprint density at radius 3 is 2.44 bits per heavy atom. The van der Waals surface area contributed by atoms with Crippen LogP contribution in [0.2, 0.25) is 10.0 Å². The lowest BCUT2D eigenvalue weighted by Gasteiger charge is -2.06. The van der Waals surface area contributed by atoms with Gasteiger partial charge in [0.25, 0.3) is 0 Å². The average Bonchev–Trinajstić information content (AvgIpc) is 3.10. The fraction of sp³-hybridized carbons (Fsp3) is 0.0500. The number of nitrogens with zero attached hydrogens (tertiary/aromatic N) is 3. The third-order valence-electron chi connectivity index (χ3n) is 4.03. The molecule has 3 aromatic rings. The first kappa shape index (κ1) is 25.1. The Kier molecular flexibility index (Phi) is 7.54. The van der Waals surface area contributed by atoms with Crippen LogP contribution >= 0.6 is 34.5 Å². The number of halogens is 5. The Labute approximate surface area is 202 Å². The molecule has 4 rings (SSSR count). The van der Waals surface area contributed by atoms with E-state index >= 15 is 0 Å². The van der Waals surface area contributed by atoms with Crippen molar-refractivity contribution < 1.29 is 28.2 Å². The molecule has 0 saturated heterocycles. The molecule has 2 aromatic carbocycles. The molecule has 0 spiro atoms. The number of hydrogen-bond donors (Lipinski definition) is 4. The molecule has 0 aliphatic carbocycles. The summed E-state index contributed by atoms with van der Waals surface area (Å²) in [6.07, 6.45) is -1.95. The number of alkyl halides is 3. The number of aliphatic imine (C=N–C) groups is 1. The Morgan fingerprint density at radius 2 is 1.82 bits per heavy atom. The van der Waals surface area contributed by atoms with Crippen LogP contribution in [-0.4, -0.2) is 39.5 Å². The van der Waals surface area contributed by atoms with E-state index in [1.165, 1.54) is 17.7 Å². The van der Waals surface area contributed by atoms with Gasteiger partial charge in [0, 0.05) is 5.56 Å². The molecule has 1 aliphatic heterocycles. The fourth-order valence-electron chi connectivity index (χ4n) is 2.51. The molecule has 0 bridgehead atoms. The normalized spacial score (nSPS) is 13.0. The molecule has 176 valence electrons. The Morgan fingerprint density at radius 1 is 1.18 bits per heavy atom. The average molecular weight is 530 g/mol. The molecule has 1 aliphatic rings. The maximum atomic E-state index is 10.6. The number of benzene rings is 2. The number of thiazole rings is 1. The molecule has 0 amide bonds. The maximum absolute atomic E-state index is 10.6. The number of nitrogens with one attached hydrogen (secondary N) is 2. The third-order valence-corrected chi connectivity index (χ3v) is 5.57. The van der Waals surface area contributed by atoms with Crippen molar-refractivity contribution in [2.75, 3.05) is 5.32 Å². The summed E-state index contributed by atoms with van der Waals surface area (Å²) in [5, 5.41) is 31.1. The Bertz CT molecular complexity index is 1400. The first-order valence-corrected chi connectivity index (χ1v) is 10.5. The zero-order valence-corrected chi connectivity index (χ0v) is 18.9. The second-order valence-electron chi connectivity index (χ2n) is 6.37. The highest BCUT2D eigenvalue weighted by atomic mass is 35.5. The van der Waals surface area contributed by atoms with Crippen LogP contribution in [0.5, 0.6) is 5.88 Å². The standard InChI is InChI=1S/C18H11Cl2N5OS.C2HF3O2/c19-11-2-1-3-12(20)15(11)24-18-25-17(26)14(27-18)7-9-4-5-13-10(6-9)16(21)23-8-22-13;3-2(4,5)1(6)7/h1-8,21,26H,(H,24,25);(H,6,7). The van der Waals surface area contributed by atoms with Gasteiger partial charge in [-0.15, -0.1) is 0 Å². The van der Waals surface area contributed by atoms with E-state index in [0.29, 0.717) is 36.7 Å². The van der Waals surface area contributed by atoms with Crippen LogP contribution in [0, 0.1) is 5.41 Å². The third kappa shape index (κ3) is 6.10. The van der Waals surface area contributed by atoms with Gasteiger partial charge in [0.2, 0.25) is 5.88 Å². The van der Waals surface area contributed by atoms with Gasteiger partial charge in [0.15, 0.2) is 11.0 Å². The first-order chi connectivity index (χ1) is 16.0. The molecule has 0 radical (unpaired) electrons. The number of anilines is 2. The molecule has 4 N–H and O–H groups in total. The van der Waals surface area contributed by atoms with Crippen LogP contribution in [0.1, 0.15) is 10.4 Å². The van der Waals surface area contributed by atoms with Gasteiger partial charge >= 0.3 is 12.1 Å². The minimum Gasteiger partial charge on any atom is -0.492 e. The Hall–Kier alpha value is -3.48. The Balaban J connectivity index is 0.000000406. The number of carboxylic acids is 1. The smallest absolute Gasteiger partial charge is 0.490 e. The quantitative estimate of drug-likeness (QED) is 0.400. The highest BCUT2D eigenvalue weighted by molar-refractivity contribution is 7.16. The molecule has 14 heteroatoms. The van der Waals surface area contributed by atoms with E-state index in [2.05, 4.69) is 20.3 Å². The summed E-state index contributed by atoms with van der Waals surface area (Å²) >= 11 is 13.6. The molecule has 0 unspecified atom stereocenters. The van der Waals surface area contributed by atoms with Gasteiger partial charge < -0.3 is 15.5 Å². The molecule has 0 saturated carbocycles. The number of para-hydroxylation sites is 1. The largest absolute Gasteiger partial charge is 0.492 e. The summed E-state index contributed by atoms with van der Waals surface area (Å²) in [7, 11) is 0.